The third-order valence-corrected chi connectivity index (χ3v) is 12.6. The number of nitrogens with zero attached hydrogens (tertiary/aromatic N) is 4. The van der Waals surface area contributed by atoms with Crippen LogP contribution in [0, 0.1) is 0 Å². The Bertz CT molecular complexity index is 2940. The van der Waals surface area contributed by atoms with Crippen LogP contribution in [0.4, 0.5) is 28.4 Å². The Kier molecular flexibility index (Phi) is 22.1. The Hall–Kier alpha value is -0.600. The van der Waals surface area contributed by atoms with Gasteiger partial charge in [0, 0.05) is 10.8 Å². The van der Waals surface area contributed by atoms with Gasteiger partial charge in [-0.25, -0.2) is 46.3 Å². The minimum atomic E-state index is -5.63. The van der Waals surface area contributed by atoms with Gasteiger partial charge in [-0.05, 0) is 60.7 Å². The number of nitrogen functional groups attached to an aromatic ring is 1. The zero-order valence-electron chi connectivity index (χ0n) is 30.5. The van der Waals surface area contributed by atoms with E-state index in [1.807, 2.05) is 0 Å². The molecule has 0 heterocycles. The van der Waals surface area contributed by atoms with Gasteiger partial charge in [-0.2, -0.15) is 23.8 Å². The molecule has 0 radical (unpaired) electrons. The van der Waals surface area contributed by atoms with Crippen molar-refractivity contribution in [3.8, 4) is 5.75 Å². The standard InChI is InChI=1S/C25H23N5O19S6.4Na/c26-23-22-18(11-21(53(39,40)41)24(23)30-28-15-3-7-17(8-4-15)51(34,35)13-49-55(45,46)47)20(52(36,37)38)12-19(25(22)31)29-27-14-1-5-16(6-2-14)50(32,33)10-9-48-54(42,43)44;;;;/h1-8,11-12,31H,9-10,13,26H2,(H,36,37,38)(H,39,40,41)(H,42,43,44)(H,45,46,47);;;;/q;4*+1/p-4. The van der Waals surface area contributed by atoms with Gasteiger partial charge in [0.1, 0.15) is 25.9 Å². The minimum Gasteiger partial charge on any atom is -0.870 e. The second kappa shape index (κ2) is 22.3. The van der Waals surface area contributed by atoms with Crippen molar-refractivity contribution in [2.45, 2.75) is 19.6 Å². The van der Waals surface area contributed by atoms with E-state index >= 15 is 0 Å². The summed E-state index contributed by atoms with van der Waals surface area (Å²) in [5, 5.41) is 26.2. The monoisotopic (exact) mass is 977 g/mol. The molecule has 59 heavy (non-hydrogen) atoms. The van der Waals surface area contributed by atoms with Gasteiger partial charge in [-0.3, -0.25) is 8.74 Å². The van der Waals surface area contributed by atoms with Crippen LogP contribution in [-0.4, -0.2) is 87.0 Å². The van der Waals surface area contributed by atoms with E-state index in [4.69, 9.17) is 10.3 Å². The molecule has 0 spiro atoms. The average Bonchev–Trinajstić information content (AvgIpc) is 3.05. The summed E-state index contributed by atoms with van der Waals surface area (Å²) in [4.78, 5) is -3.57. The van der Waals surface area contributed by atoms with Crippen molar-refractivity contribution in [3.05, 3.63) is 60.7 Å². The summed E-state index contributed by atoms with van der Waals surface area (Å²) in [5.74, 6) is -3.69. The van der Waals surface area contributed by atoms with E-state index < -0.39 is 132 Å². The van der Waals surface area contributed by atoms with Crippen LogP contribution in [0.15, 0.2) is 101 Å². The number of hydrogen-bond acceptors (Lipinski definition) is 23. The van der Waals surface area contributed by atoms with Crippen molar-refractivity contribution in [3.63, 3.8) is 0 Å². The van der Waals surface area contributed by atoms with Crippen LogP contribution in [0.25, 0.3) is 10.8 Å². The minimum absolute atomic E-state index is 0. The zero-order chi connectivity index (χ0) is 41.4. The largest absolute Gasteiger partial charge is 1.00 e. The molecule has 4 aromatic carbocycles. The predicted molar refractivity (Wildman–Crippen MR) is 177 cm³/mol. The molecular weight excluding hydrogens is 959 g/mol. The third kappa shape index (κ3) is 16.2. The summed E-state index contributed by atoms with van der Waals surface area (Å²) in [7, 11) is -30.1. The number of anilines is 1. The van der Waals surface area contributed by atoms with Gasteiger partial charge >= 0.3 is 129 Å². The molecule has 0 aliphatic carbocycles. The zero-order valence-corrected chi connectivity index (χ0v) is 43.4. The number of nitrogens with two attached hydrogens (primary N) is 1. The van der Waals surface area contributed by atoms with Crippen LogP contribution < -0.4 is 129 Å². The molecule has 0 atom stereocenters. The van der Waals surface area contributed by atoms with Crippen LogP contribution in [0.3, 0.4) is 0 Å². The van der Waals surface area contributed by atoms with Crippen molar-refractivity contribution in [2.24, 2.45) is 20.5 Å². The summed E-state index contributed by atoms with van der Waals surface area (Å²) < 4.78 is 192. The van der Waals surface area contributed by atoms with E-state index in [9.17, 15) is 69.3 Å². The van der Waals surface area contributed by atoms with E-state index in [0.717, 1.165) is 48.5 Å². The fraction of sp³-hybridized carbons (Fsp3) is 0.120. The number of azo groups is 2. The number of rotatable bonds is 15. The summed E-state index contributed by atoms with van der Waals surface area (Å²) in [6.07, 6.45) is 0. The average molecular weight is 978 g/mol. The molecule has 298 valence electrons. The van der Waals surface area contributed by atoms with Crippen molar-refractivity contribution >= 4 is 99.9 Å². The second-order valence-corrected chi connectivity index (χ2v) is 19.3. The Morgan fingerprint density at radius 2 is 1.07 bits per heavy atom. The predicted octanol–water partition coefficient (Wildman–Crippen LogP) is -11.0. The molecule has 0 aliphatic rings. The van der Waals surface area contributed by atoms with E-state index in [1.54, 1.807) is 0 Å². The molecule has 0 fully saturated rings. The van der Waals surface area contributed by atoms with E-state index in [1.165, 1.54) is 0 Å². The van der Waals surface area contributed by atoms with Gasteiger partial charge in [0.15, 0.2) is 15.8 Å². The van der Waals surface area contributed by atoms with E-state index in [0.29, 0.717) is 12.1 Å². The molecule has 24 nitrogen and oxygen atoms in total. The smallest absolute Gasteiger partial charge is 0.870 e. The van der Waals surface area contributed by atoms with Gasteiger partial charge in [0.2, 0.25) is 20.2 Å². The molecule has 4 rings (SSSR count). The first-order chi connectivity index (χ1) is 25.1. The van der Waals surface area contributed by atoms with Crippen molar-refractivity contribution < 1.29 is 200 Å². The first-order valence-electron chi connectivity index (χ1n) is 13.8. The molecule has 0 aliphatic heterocycles. The van der Waals surface area contributed by atoms with Crippen molar-refractivity contribution in [2.75, 3.05) is 24.0 Å². The van der Waals surface area contributed by atoms with Crippen LogP contribution >= 0.6 is 0 Å². The summed E-state index contributed by atoms with van der Waals surface area (Å²) in [6, 6.07) is 8.34. The Morgan fingerprint density at radius 3 is 1.51 bits per heavy atom. The number of benzene rings is 4. The fourth-order valence-corrected chi connectivity index (χ4v) is 8.79. The molecule has 0 saturated carbocycles. The molecule has 0 unspecified atom stereocenters. The van der Waals surface area contributed by atoms with Gasteiger partial charge < -0.3 is 24.5 Å². The number of hydrogen-bond donors (Lipinski definition) is 2. The molecule has 4 aromatic rings. The van der Waals surface area contributed by atoms with Crippen LogP contribution in [0.5, 0.6) is 5.75 Å². The molecule has 0 saturated heterocycles. The van der Waals surface area contributed by atoms with Gasteiger partial charge in [0.25, 0.3) is 0 Å². The quantitative estimate of drug-likeness (QED) is 0.0367. The van der Waals surface area contributed by atoms with Gasteiger partial charge in [-0.1, -0.05) is 5.75 Å². The molecule has 0 bridgehead atoms. The maximum absolute atomic E-state index is 13.5. The third-order valence-electron chi connectivity index (χ3n) is 6.70. The van der Waals surface area contributed by atoms with E-state index in [-0.39, 0.29) is 130 Å². The van der Waals surface area contributed by atoms with Crippen molar-refractivity contribution in [1.29, 1.82) is 0 Å². The first kappa shape index (κ1) is 58.4. The number of sulfone groups is 2. The maximum Gasteiger partial charge on any atom is 1.00 e. The molecule has 3 N–H and O–H groups in total. The van der Waals surface area contributed by atoms with Crippen molar-refractivity contribution in [1.82, 2.24) is 0 Å². The second-order valence-electron chi connectivity index (χ2n) is 10.4. The summed E-state index contributed by atoms with van der Waals surface area (Å²) in [5.41, 5.74) is 2.67. The summed E-state index contributed by atoms with van der Waals surface area (Å²) in [6.45, 7) is -0.983. The van der Waals surface area contributed by atoms with Crippen LogP contribution in [0.2, 0.25) is 0 Å². The molecule has 0 aromatic heterocycles. The van der Waals surface area contributed by atoms with Gasteiger partial charge in [0.05, 0.1) is 54.7 Å². The molecule has 0 amide bonds. The van der Waals surface area contributed by atoms with Crippen LogP contribution in [-0.2, 0) is 69.1 Å². The first-order valence-corrected chi connectivity index (χ1v) is 22.6. The Labute approximate surface area is 424 Å². The summed E-state index contributed by atoms with van der Waals surface area (Å²) >= 11 is 0. The topological polar surface area (TPSA) is 411 Å². The Morgan fingerprint density at radius 1 is 0.610 bits per heavy atom. The maximum atomic E-state index is 13.5. The molecular formula is C25H19N5Na4O19S6. The van der Waals surface area contributed by atoms with Crippen LogP contribution in [0.1, 0.15) is 0 Å². The van der Waals surface area contributed by atoms with Gasteiger partial charge in [-0.15, -0.1) is 5.11 Å². The number of fused-ring (bicyclic) bond motifs is 1. The molecule has 34 heteroatoms. The SMILES string of the molecule is Nc1c(N=Nc2ccc(S(=O)(=O)COS(=O)(=O)O)cc2)c(S(=O)(=O)[O-])cc2c(S(=O)(=O)[O-])cc(N=Nc3ccc(S(=O)(=O)CCOS(=O)(=O)[O-])cc3)c([O-])c12.[Na+].[Na+].[Na+].[Na+]. The normalized spacial score (nSPS) is 12.7. The fourth-order valence-electron chi connectivity index (χ4n) is 4.29. The Balaban J connectivity index is 0.00000841. The van der Waals surface area contributed by atoms with E-state index in [2.05, 4.69) is 28.8 Å².